The summed E-state index contributed by atoms with van der Waals surface area (Å²) < 4.78 is 1.13. The zero-order valence-electron chi connectivity index (χ0n) is 11.2. The molecular formula is C14H21BrN2O. The molecule has 2 unspecified atom stereocenters. The van der Waals surface area contributed by atoms with Gasteiger partial charge in [0.15, 0.2) is 0 Å². The minimum atomic E-state index is 0.212. The van der Waals surface area contributed by atoms with Crippen LogP contribution in [0.4, 0.5) is 5.69 Å². The van der Waals surface area contributed by atoms with Gasteiger partial charge in [0.05, 0.1) is 18.3 Å². The Morgan fingerprint density at radius 1 is 1.39 bits per heavy atom. The molecule has 0 spiro atoms. The second-order valence-electron chi connectivity index (χ2n) is 5.23. The molecule has 1 N–H and O–H groups in total. The highest BCUT2D eigenvalue weighted by molar-refractivity contribution is 9.10. The normalized spacial score (nSPS) is 25.5. The van der Waals surface area contributed by atoms with Crippen molar-refractivity contribution >= 4 is 21.6 Å². The molecule has 2 rings (SSSR count). The summed E-state index contributed by atoms with van der Waals surface area (Å²) in [5, 5.41) is 9.45. The van der Waals surface area contributed by atoms with Crippen molar-refractivity contribution in [2.24, 2.45) is 0 Å². The number of rotatable bonds is 2. The molecule has 4 heteroatoms. The molecule has 0 saturated carbocycles. The third kappa shape index (κ3) is 2.71. The van der Waals surface area contributed by atoms with Crippen LogP contribution >= 0.6 is 15.9 Å². The van der Waals surface area contributed by atoms with Gasteiger partial charge in [-0.25, -0.2) is 0 Å². The number of anilines is 1. The van der Waals surface area contributed by atoms with Crippen LogP contribution in [-0.2, 0) is 0 Å². The quantitative estimate of drug-likeness (QED) is 0.907. The highest BCUT2D eigenvalue weighted by atomic mass is 79.9. The molecule has 1 aromatic carbocycles. The maximum atomic E-state index is 9.45. The monoisotopic (exact) mass is 312 g/mol. The first-order chi connectivity index (χ1) is 8.52. The second-order valence-corrected chi connectivity index (χ2v) is 6.09. The van der Waals surface area contributed by atoms with Crippen LogP contribution in [0.5, 0.6) is 0 Å². The van der Waals surface area contributed by atoms with E-state index in [1.54, 1.807) is 0 Å². The van der Waals surface area contributed by atoms with E-state index in [1.807, 2.05) is 0 Å². The Morgan fingerprint density at radius 2 is 2.11 bits per heavy atom. The van der Waals surface area contributed by atoms with E-state index in [0.717, 1.165) is 17.6 Å². The van der Waals surface area contributed by atoms with E-state index in [-0.39, 0.29) is 12.6 Å². The minimum absolute atomic E-state index is 0.212. The van der Waals surface area contributed by atoms with Gasteiger partial charge in [-0.15, -0.1) is 0 Å². The lowest BCUT2D eigenvalue weighted by Gasteiger charge is -2.44. The molecule has 1 aliphatic rings. The molecule has 1 aliphatic heterocycles. The van der Waals surface area contributed by atoms with Crippen LogP contribution in [0.15, 0.2) is 22.7 Å². The molecule has 0 amide bonds. The van der Waals surface area contributed by atoms with E-state index < -0.39 is 0 Å². The standard InChI is InChI=1S/C14H21BrN2O/c1-10-4-5-14(13(15)6-10)17-8-12(9-18)16(3)7-11(17)2/h4-6,11-12,18H,7-9H2,1-3H3. The van der Waals surface area contributed by atoms with Crippen molar-refractivity contribution < 1.29 is 5.11 Å². The Labute approximate surface area is 118 Å². The molecule has 2 atom stereocenters. The zero-order valence-corrected chi connectivity index (χ0v) is 12.8. The van der Waals surface area contributed by atoms with Gasteiger partial charge in [0.25, 0.3) is 0 Å². The molecule has 1 fully saturated rings. The van der Waals surface area contributed by atoms with Crippen LogP contribution < -0.4 is 4.90 Å². The fraction of sp³-hybridized carbons (Fsp3) is 0.571. The maximum Gasteiger partial charge on any atom is 0.0604 e. The van der Waals surface area contributed by atoms with E-state index in [0.29, 0.717) is 6.04 Å². The number of hydrogen-bond donors (Lipinski definition) is 1. The van der Waals surface area contributed by atoms with Crippen molar-refractivity contribution in [1.29, 1.82) is 0 Å². The summed E-state index contributed by atoms with van der Waals surface area (Å²) >= 11 is 3.65. The lowest BCUT2D eigenvalue weighted by atomic mass is 10.1. The van der Waals surface area contributed by atoms with Gasteiger partial charge in [0.1, 0.15) is 0 Å². The average molecular weight is 313 g/mol. The number of nitrogens with zero attached hydrogens (tertiary/aromatic N) is 2. The molecule has 0 aliphatic carbocycles. The lowest BCUT2D eigenvalue weighted by molar-refractivity contribution is 0.121. The first-order valence-electron chi connectivity index (χ1n) is 6.37. The summed E-state index contributed by atoms with van der Waals surface area (Å²) in [4.78, 5) is 4.62. The van der Waals surface area contributed by atoms with Gasteiger partial charge in [0, 0.05) is 23.6 Å². The summed E-state index contributed by atoms with van der Waals surface area (Å²) in [6.07, 6.45) is 0. The molecule has 100 valence electrons. The Morgan fingerprint density at radius 3 is 2.72 bits per heavy atom. The molecule has 0 aromatic heterocycles. The number of halogens is 1. The van der Waals surface area contributed by atoms with E-state index >= 15 is 0 Å². The van der Waals surface area contributed by atoms with Crippen LogP contribution in [0.2, 0.25) is 0 Å². The smallest absolute Gasteiger partial charge is 0.0604 e. The van der Waals surface area contributed by atoms with Gasteiger partial charge >= 0.3 is 0 Å². The number of aliphatic hydroxyl groups excluding tert-OH is 1. The van der Waals surface area contributed by atoms with E-state index in [1.165, 1.54) is 11.3 Å². The number of aliphatic hydroxyl groups is 1. The van der Waals surface area contributed by atoms with Gasteiger partial charge in [-0.1, -0.05) is 6.07 Å². The predicted octanol–water partition coefficient (Wildman–Crippen LogP) is 2.26. The molecule has 1 aromatic rings. The first-order valence-corrected chi connectivity index (χ1v) is 7.16. The van der Waals surface area contributed by atoms with Crippen molar-refractivity contribution in [3.05, 3.63) is 28.2 Å². The number of likely N-dealkylation sites (N-methyl/N-ethyl adjacent to an activating group) is 1. The molecule has 3 nitrogen and oxygen atoms in total. The van der Waals surface area contributed by atoms with Crippen molar-refractivity contribution in [3.63, 3.8) is 0 Å². The van der Waals surface area contributed by atoms with Crippen LogP contribution in [0.25, 0.3) is 0 Å². The van der Waals surface area contributed by atoms with E-state index in [9.17, 15) is 5.11 Å². The number of hydrogen-bond acceptors (Lipinski definition) is 3. The van der Waals surface area contributed by atoms with Crippen LogP contribution in [0, 0.1) is 6.92 Å². The number of aryl methyl sites for hydroxylation is 1. The van der Waals surface area contributed by atoms with Crippen molar-refractivity contribution in [2.75, 3.05) is 31.6 Å². The van der Waals surface area contributed by atoms with Gasteiger partial charge in [0.2, 0.25) is 0 Å². The fourth-order valence-electron chi connectivity index (χ4n) is 2.59. The Kier molecular flexibility index (Phi) is 4.30. The first kappa shape index (κ1) is 13.8. The summed E-state index contributed by atoms with van der Waals surface area (Å²) in [6.45, 7) is 6.39. The molecule has 1 heterocycles. The van der Waals surface area contributed by atoms with Crippen LogP contribution in [-0.4, -0.2) is 48.8 Å². The summed E-state index contributed by atoms with van der Waals surface area (Å²) in [5.41, 5.74) is 2.48. The molecule has 0 radical (unpaired) electrons. The molecule has 0 bridgehead atoms. The highest BCUT2D eigenvalue weighted by Crippen LogP contribution is 2.30. The third-order valence-corrected chi connectivity index (χ3v) is 4.37. The zero-order chi connectivity index (χ0) is 13.3. The Bertz CT molecular complexity index is 424. The molecule has 1 saturated heterocycles. The largest absolute Gasteiger partial charge is 0.395 e. The molecule has 18 heavy (non-hydrogen) atoms. The summed E-state index contributed by atoms with van der Waals surface area (Å²) in [6, 6.07) is 7.12. The maximum absolute atomic E-state index is 9.45. The van der Waals surface area contributed by atoms with Crippen molar-refractivity contribution in [3.8, 4) is 0 Å². The van der Waals surface area contributed by atoms with E-state index in [4.69, 9.17) is 0 Å². The number of piperazine rings is 1. The highest BCUT2D eigenvalue weighted by Gasteiger charge is 2.29. The minimum Gasteiger partial charge on any atom is -0.395 e. The Hall–Kier alpha value is -0.580. The van der Waals surface area contributed by atoms with Crippen molar-refractivity contribution in [1.82, 2.24) is 4.90 Å². The van der Waals surface area contributed by atoms with Crippen LogP contribution in [0.1, 0.15) is 12.5 Å². The van der Waals surface area contributed by atoms with Gasteiger partial charge in [-0.3, -0.25) is 4.90 Å². The molecular weight excluding hydrogens is 292 g/mol. The second kappa shape index (κ2) is 5.59. The van der Waals surface area contributed by atoms with Gasteiger partial charge < -0.3 is 10.0 Å². The SMILES string of the molecule is Cc1ccc(N2CC(CO)N(C)CC2C)c(Br)c1. The Balaban J connectivity index is 2.26. The van der Waals surface area contributed by atoms with Gasteiger partial charge in [-0.05, 0) is 54.5 Å². The van der Waals surface area contributed by atoms with Crippen LogP contribution in [0.3, 0.4) is 0 Å². The van der Waals surface area contributed by atoms with E-state index in [2.05, 4.69) is 64.8 Å². The van der Waals surface area contributed by atoms with Crippen molar-refractivity contribution in [2.45, 2.75) is 25.9 Å². The topological polar surface area (TPSA) is 26.7 Å². The predicted molar refractivity (Wildman–Crippen MR) is 79.2 cm³/mol. The third-order valence-electron chi connectivity index (χ3n) is 3.74. The fourth-order valence-corrected chi connectivity index (χ4v) is 3.31. The lowest BCUT2D eigenvalue weighted by Crippen LogP contribution is -2.57. The average Bonchev–Trinajstić information content (AvgIpc) is 2.30. The number of benzene rings is 1. The summed E-state index contributed by atoms with van der Waals surface area (Å²) in [7, 11) is 2.08. The van der Waals surface area contributed by atoms with Gasteiger partial charge in [-0.2, -0.15) is 0 Å². The summed E-state index contributed by atoms with van der Waals surface area (Å²) in [5.74, 6) is 0.